The zero-order valence-electron chi connectivity index (χ0n) is 48.9. The molecule has 1 unspecified atom stereocenters. The Morgan fingerprint density at radius 3 is 2.41 bits per heavy atom. The Hall–Kier alpha value is -7.60. The Balaban J connectivity index is 0.797. The van der Waals surface area contributed by atoms with Crippen LogP contribution in [0, 0.1) is 5.92 Å². The summed E-state index contributed by atoms with van der Waals surface area (Å²) >= 11 is 1.38. The number of benzene rings is 3. The number of rotatable bonds is 19. The molecule has 0 aliphatic carbocycles. The molecule has 10 rings (SSSR count). The summed E-state index contributed by atoms with van der Waals surface area (Å²) in [5.74, 6) is -2.48. The molecule has 0 saturated carbocycles. The van der Waals surface area contributed by atoms with Crippen molar-refractivity contribution >= 4 is 86.8 Å². The third-order valence-corrected chi connectivity index (χ3v) is 18.3. The van der Waals surface area contributed by atoms with Gasteiger partial charge in [-0.2, -0.15) is 18.3 Å². The van der Waals surface area contributed by atoms with Gasteiger partial charge in [0.15, 0.2) is 10.8 Å². The van der Waals surface area contributed by atoms with E-state index in [9.17, 15) is 24.0 Å². The highest BCUT2D eigenvalue weighted by molar-refractivity contribution is 7.22. The molecule has 0 spiro atoms. The van der Waals surface area contributed by atoms with Crippen LogP contribution in [0.3, 0.4) is 0 Å². The van der Waals surface area contributed by atoms with Crippen LogP contribution >= 0.6 is 11.3 Å². The zero-order valence-corrected chi connectivity index (χ0v) is 50.8. The quantitative estimate of drug-likeness (QED) is 0.0254. The monoisotopic (exact) mass is 1200 g/mol. The SMILES string of the molecule is Cn1nc(C2CCC(=O)NC2=O)c2ccc(NC(=O)CN3CCC(CCCOc4cccc(-c5ccc(N6CCc7ccnc(C(=O)N(COCC[Si](C)(C)C)c8nc9ccccc9s8)c7C6)nc5C(=O)OC(C)(C)C)c4C(F)(F)F)CC3)cc21. The number of amides is 4. The maximum atomic E-state index is 15.5. The molecule has 85 heavy (non-hydrogen) atoms. The number of carbonyl (C=O) groups excluding carboxylic acids is 5. The third kappa shape index (κ3) is 14.4. The maximum absolute atomic E-state index is 15.5. The van der Waals surface area contributed by atoms with Crippen LogP contribution in [-0.4, -0.2) is 119 Å². The number of halogens is 3. The maximum Gasteiger partial charge on any atom is 0.420 e. The van der Waals surface area contributed by atoms with Gasteiger partial charge in [-0.05, 0) is 145 Å². The highest BCUT2D eigenvalue weighted by Crippen LogP contribution is 2.45. The summed E-state index contributed by atoms with van der Waals surface area (Å²) in [6.45, 7) is 14.4. The van der Waals surface area contributed by atoms with E-state index < -0.39 is 43.2 Å². The largest absolute Gasteiger partial charge is 0.493 e. The molecule has 1 atom stereocenters. The van der Waals surface area contributed by atoms with Gasteiger partial charge in [-0.1, -0.05) is 55.2 Å². The predicted molar refractivity (Wildman–Crippen MR) is 323 cm³/mol. The number of carbonyl (C=O) groups is 5. The van der Waals surface area contributed by atoms with E-state index in [0.29, 0.717) is 79.8 Å². The second kappa shape index (κ2) is 25.2. The Kier molecular flexibility index (Phi) is 17.9. The van der Waals surface area contributed by atoms with Crippen molar-refractivity contribution < 1.29 is 51.4 Å². The molecule has 7 heterocycles. The minimum Gasteiger partial charge on any atom is -0.493 e. The number of ether oxygens (including phenoxy) is 3. The van der Waals surface area contributed by atoms with Crippen molar-refractivity contribution in [2.24, 2.45) is 13.0 Å². The number of nitrogens with one attached hydrogen (secondary N) is 2. The van der Waals surface area contributed by atoms with Gasteiger partial charge in [-0.25, -0.2) is 14.8 Å². The van der Waals surface area contributed by atoms with Crippen LogP contribution in [0.15, 0.2) is 85.1 Å². The first kappa shape index (κ1) is 60.5. The van der Waals surface area contributed by atoms with E-state index in [0.717, 1.165) is 45.6 Å². The van der Waals surface area contributed by atoms with Crippen molar-refractivity contribution in [1.82, 2.24) is 34.9 Å². The Morgan fingerprint density at radius 1 is 0.882 bits per heavy atom. The summed E-state index contributed by atoms with van der Waals surface area (Å²) in [7, 11) is 0.322. The number of likely N-dealkylation sites (tertiary alicyclic amines) is 1. The average molecular weight is 1200 g/mol. The molecular formula is C62H71F3N10O8SSi. The second-order valence-electron chi connectivity index (χ2n) is 24.3. The Morgan fingerprint density at radius 2 is 1.67 bits per heavy atom. The number of para-hydroxylation sites is 1. The summed E-state index contributed by atoms with van der Waals surface area (Å²) in [6, 6.07) is 23.0. The smallest absolute Gasteiger partial charge is 0.420 e. The van der Waals surface area contributed by atoms with Gasteiger partial charge in [-0.3, -0.25) is 44.0 Å². The number of nitrogens with zero attached hydrogens (tertiary/aromatic N) is 8. The van der Waals surface area contributed by atoms with Gasteiger partial charge in [0.2, 0.25) is 17.7 Å². The highest BCUT2D eigenvalue weighted by Gasteiger charge is 2.40. The molecule has 0 radical (unpaired) electrons. The lowest BCUT2D eigenvalue weighted by atomic mass is 9.92. The number of aryl methyl sites for hydroxylation is 1. The van der Waals surface area contributed by atoms with E-state index in [-0.39, 0.29) is 84.8 Å². The molecule has 23 heteroatoms. The van der Waals surface area contributed by atoms with Gasteiger partial charge < -0.3 is 24.4 Å². The van der Waals surface area contributed by atoms with Crippen molar-refractivity contribution in [3.63, 3.8) is 0 Å². The molecular weight excluding hydrogens is 1130 g/mol. The van der Waals surface area contributed by atoms with Crippen molar-refractivity contribution in [2.75, 3.05) is 61.2 Å². The van der Waals surface area contributed by atoms with Crippen molar-refractivity contribution in [3.8, 4) is 16.9 Å². The molecule has 7 aromatic rings. The average Bonchev–Trinajstić information content (AvgIpc) is 2.05. The van der Waals surface area contributed by atoms with Crippen LogP contribution in [-0.2, 0) is 50.0 Å². The molecule has 448 valence electrons. The van der Waals surface area contributed by atoms with Crippen molar-refractivity contribution in [3.05, 3.63) is 119 Å². The molecule has 3 aromatic carbocycles. The fraction of sp³-hybridized carbons (Fsp3) is 0.435. The highest BCUT2D eigenvalue weighted by atomic mass is 32.1. The normalized spacial score (nSPS) is 16.4. The number of esters is 1. The molecule has 4 amide bonds. The van der Waals surface area contributed by atoms with Gasteiger partial charge in [0, 0.05) is 75.2 Å². The number of thiazole rings is 1. The van der Waals surface area contributed by atoms with Crippen molar-refractivity contribution in [1.29, 1.82) is 0 Å². The first-order valence-corrected chi connectivity index (χ1v) is 33.4. The second-order valence-corrected chi connectivity index (χ2v) is 30.9. The minimum atomic E-state index is -4.90. The molecule has 4 aromatic heterocycles. The molecule has 3 aliphatic rings. The zero-order chi connectivity index (χ0) is 60.4. The lowest BCUT2D eigenvalue weighted by Gasteiger charge is -2.32. The van der Waals surface area contributed by atoms with E-state index in [1.807, 2.05) is 47.4 Å². The van der Waals surface area contributed by atoms with E-state index in [1.54, 1.807) is 50.8 Å². The Bertz CT molecular complexity index is 3630. The predicted octanol–water partition coefficient (Wildman–Crippen LogP) is 11.2. The van der Waals surface area contributed by atoms with E-state index in [4.69, 9.17) is 24.2 Å². The van der Waals surface area contributed by atoms with Crippen LogP contribution in [0.25, 0.3) is 32.2 Å². The summed E-state index contributed by atoms with van der Waals surface area (Å²) in [6.07, 6.45) is 0.621. The number of imide groups is 1. The first-order valence-electron chi connectivity index (χ1n) is 28.8. The molecule has 0 bridgehead atoms. The number of hydrogen-bond donors (Lipinski definition) is 2. The number of aromatic nitrogens is 5. The van der Waals surface area contributed by atoms with Crippen molar-refractivity contribution in [2.45, 2.75) is 116 Å². The van der Waals surface area contributed by atoms with Crippen LogP contribution in [0.1, 0.15) is 109 Å². The topological polar surface area (TPSA) is 203 Å². The van der Waals surface area contributed by atoms with Crippen LogP contribution in [0.2, 0.25) is 25.7 Å². The number of piperidine rings is 2. The summed E-state index contributed by atoms with van der Waals surface area (Å²) in [5.41, 5.74) is 1.69. The molecule has 2 N–H and O–H groups in total. The fourth-order valence-electron chi connectivity index (χ4n) is 11.1. The van der Waals surface area contributed by atoms with Crippen LogP contribution in [0.4, 0.5) is 29.8 Å². The molecule has 2 saturated heterocycles. The standard InChI is InChI=1S/C62H71F3N10O8SSi/c1-61(2,3)83-59(80)56-42(19-21-50(69-56)74-30-26-39-23-27-66-55(45(39)35-74)58(79)75(37-81-32-33-85(5,6)7)60-68-46-14-8-9-16-49(46)84-60)41-13-10-15-48(53(41)62(63,64)65)82-31-11-12-38-24-28-73(29-25-38)36-52(77)67-40-17-18-43-47(34-40)72(4)71-54(43)44-20-22-51(76)70-57(44)78/h8-10,13-19,21,23,27,34,38,44H,11-12,20,22,24-26,28-33,35-37H2,1-7H3,(H,67,77)(H,70,76,78). The number of pyridine rings is 2. The minimum absolute atomic E-state index is 0.0149. The third-order valence-electron chi connectivity index (χ3n) is 15.5. The lowest BCUT2D eigenvalue weighted by molar-refractivity contribution is -0.138. The first-order chi connectivity index (χ1) is 40.5. The molecule has 3 aliphatic heterocycles. The number of fused-ring (bicyclic) bond motifs is 3. The summed E-state index contributed by atoms with van der Waals surface area (Å²) < 4.78 is 66.9. The van der Waals surface area contributed by atoms with Gasteiger partial charge >= 0.3 is 12.1 Å². The van der Waals surface area contributed by atoms with Crippen LogP contribution in [0.5, 0.6) is 5.75 Å². The number of alkyl halides is 3. The Labute approximate surface area is 496 Å². The van der Waals surface area contributed by atoms with E-state index >= 15 is 13.2 Å². The van der Waals surface area contributed by atoms with Gasteiger partial charge in [0.1, 0.15) is 35.2 Å². The molecule has 18 nitrogen and oxygen atoms in total. The summed E-state index contributed by atoms with van der Waals surface area (Å²) in [4.78, 5) is 86.2. The van der Waals surface area contributed by atoms with Gasteiger partial charge in [0.25, 0.3) is 5.91 Å². The van der Waals surface area contributed by atoms with Gasteiger partial charge in [0.05, 0.1) is 40.5 Å². The summed E-state index contributed by atoms with van der Waals surface area (Å²) in [5, 5.41) is 11.2. The number of hydrogen-bond acceptors (Lipinski definition) is 15. The van der Waals surface area contributed by atoms with E-state index in [2.05, 4.69) is 45.3 Å². The fourth-order valence-corrected chi connectivity index (χ4v) is 12.9. The van der Waals surface area contributed by atoms with Gasteiger partial charge in [-0.15, -0.1) is 0 Å². The van der Waals surface area contributed by atoms with E-state index in [1.165, 1.54) is 40.5 Å². The van der Waals surface area contributed by atoms with Crippen LogP contribution < -0.4 is 25.2 Å². The lowest BCUT2D eigenvalue weighted by Crippen LogP contribution is -2.39. The molecule has 2 fully saturated rings. The number of anilines is 3.